The predicted octanol–water partition coefficient (Wildman–Crippen LogP) is 4.80. The number of aromatic nitrogens is 1. The minimum atomic E-state index is -0.252. The van der Waals surface area contributed by atoms with Crippen molar-refractivity contribution in [2.45, 2.75) is 72.8 Å². The first kappa shape index (κ1) is 22.1. The largest absolute Gasteiger partial charge is 0.466 e. The quantitative estimate of drug-likeness (QED) is 0.555. The molecular formula is C21H33NO4. The molecule has 1 saturated carbocycles. The molecule has 5 nitrogen and oxygen atoms in total. The van der Waals surface area contributed by atoms with Gasteiger partial charge in [0, 0.05) is 19.3 Å². The maximum Gasteiger partial charge on any atom is 0.339 e. The highest BCUT2D eigenvalue weighted by molar-refractivity contribution is 5.89. The zero-order valence-electron chi connectivity index (χ0n) is 16.8. The highest BCUT2D eigenvalue weighted by Crippen LogP contribution is 2.39. The van der Waals surface area contributed by atoms with Crippen LogP contribution in [0.15, 0.2) is 24.5 Å². The van der Waals surface area contributed by atoms with E-state index >= 15 is 0 Å². The standard InChI is InChI=1S/C15H21NO2.C6H12O2/c1-11-7-13(9-15(2,3)8-11)18-14(17)12-5-4-6-16-10-12;1-3-4-5-8-6(2)7/h4-6,10-11,13H,7-9H2,1-3H3;3-5H2,1-2H3/t11-,13-;/m1./s1. The second-order valence-corrected chi connectivity index (χ2v) is 7.88. The van der Waals surface area contributed by atoms with Crippen molar-refractivity contribution in [1.82, 2.24) is 4.98 Å². The minimum Gasteiger partial charge on any atom is -0.466 e. The molecule has 1 aromatic heterocycles. The number of unbranched alkanes of at least 4 members (excludes halogenated alkanes) is 1. The second kappa shape index (κ2) is 10.9. The summed E-state index contributed by atoms with van der Waals surface area (Å²) in [5.74, 6) is 0.178. The third-order valence-electron chi connectivity index (χ3n) is 4.32. The van der Waals surface area contributed by atoms with Crippen LogP contribution in [0.3, 0.4) is 0 Å². The SMILES string of the molecule is CCCCOC(C)=O.C[C@@H]1C[C@@H](OC(=O)c2cccnc2)CC(C)(C)C1. The van der Waals surface area contributed by atoms with E-state index in [0.717, 1.165) is 25.7 Å². The Kier molecular flexibility index (Phi) is 9.31. The van der Waals surface area contributed by atoms with Gasteiger partial charge in [0.1, 0.15) is 6.10 Å². The van der Waals surface area contributed by atoms with E-state index in [1.807, 2.05) is 0 Å². The molecule has 0 radical (unpaired) electrons. The topological polar surface area (TPSA) is 65.5 Å². The van der Waals surface area contributed by atoms with Crippen LogP contribution in [-0.4, -0.2) is 29.6 Å². The monoisotopic (exact) mass is 363 g/mol. The number of hydrogen-bond donors (Lipinski definition) is 0. The molecule has 0 saturated heterocycles. The summed E-state index contributed by atoms with van der Waals surface area (Å²) in [5.41, 5.74) is 0.797. The van der Waals surface area contributed by atoms with Crippen molar-refractivity contribution in [3.8, 4) is 0 Å². The highest BCUT2D eigenvalue weighted by atomic mass is 16.5. The lowest BCUT2D eigenvalue weighted by atomic mass is 9.71. The van der Waals surface area contributed by atoms with Crippen molar-refractivity contribution in [2.24, 2.45) is 11.3 Å². The molecule has 1 aromatic rings. The summed E-state index contributed by atoms with van der Waals surface area (Å²) in [6, 6.07) is 3.50. The average molecular weight is 363 g/mol. The number of hydrogen-bond acceptors (Lipinski definition) is 5. The zero-order valence-corrected chi connectivity index (χ0v) is 16.8. The number of carbonyl (C=O) groups is 2. The average Bonchev–Trinajstić information content (AvgIpc) is 2.54. The normalized spacial score (nSPS) is 21.1. The van der Waals surface area contributed by atoms with Gasteiger partial charge < -0.3 is 9.47 Å². The van der Waals surface area contributed by atoms with E-state index in [2.05, 4.69) is 37.4 Å². The number of carbonyl (C=O) groups excluding carboxylic acids is 2. The molecule has 1 heterocycles. The molecule has 0 spiro atoms. The Morgan fingerprint density at radius 1 is 1.31 bits per heavy atom. The lowest BCUT2D eigenvalue weighted by molar-refractivity contribution is -0.141. The van der Waals surface area contributed by atoms with Crippen molar-refractivity contribution in [1.29, 1.82) is 0 Å². The first-order valence-electron chi connectivity index (χ1n) is 9.48. The Morgan fingerprint density at radius 2 is 2.04 bits per heavy atom. The Morgan fingerprint density at radius 3 is 2.58 bits per heavy atom. The third kappa shape index (κ3) is 8.97. The van der Waals surface area contributed by atoms with Crippen LogP contribution >= 0.6 is 0 Å². The fourth-order valence-corrected chi connectivity index (χ4v) is 3.41. The molecule has 0 aromatic carbocycles. The number of ether oxygens (including phenoxy) is 2. The smallest absolute Gasteiger partial charge is 0.339 e. The van der Waals surface area contributed by atoms with E-state index in [-0.39, 0.29) is 23.5 Å². The molecule has 2 atom stereocenters. The maximum atomic E-state index is 12.0. The third-order valence-corrected chi connectivity index (χ3v) is 4.32. The molecule has 0 unspecified atom stereocenters. The summed E-state index contributed by atoms with van der Waals surface area (Å²) < 4.78 is 10.2. The number of rotatable bonds is 5. The summed E-state index contributed by atoms with van der Waals surface area (Å²) in [4.78, 5) is 26.0. The molecule has 1 aliphatic carbocycles. The molecule has 0 N–H and O–H groups in total. The number of nitrogens with zero attached hydrogens (tertiary/aromatic N) is 1. The van der Waals surface area contributed by atoms with Gasteiger partial charge in [-0.1, -0.05) is 34.1 Å². The minimum absolute atomic E-state index is 0.0384. The van der Waals surface area contributed by atoms with Crippen molar-refractivity contribution >= 4 is 11.9 Å². The van der Waals surface area contributed by atoms with Gasteiger partial charge in [-0.2, -0.15) is 0 Å². The van der Waals surface area contributed by atoms with Crippen molar-refractivity contribution in [2.75, 3.05) is 6.61 Å². The van der Waals surface area contributed by atoms with Crippen LogP contribution < -0.4 is 0 Å². The van der Waals surface area contributed by atoms with Crippen molar-refractivity contribution in [3.63, 3.8) is 0 Å². The van der Waals surface area contributed by atoms with Gasteiger partial charge in [-0.15, -0.1) is 0 Å². The molecule has 5 heteroatoms. The van der Waals surface area contributed by atoms with Crippen LogP contribution in [0.5, 0.6) is 0 Å². The number of esters is 2. The summed E-state index contributed by atoms with van der Waals surface area (Å²) in [5, 5.41) is 0. The lowest BCUT2D eigenvalue weighted by Gasteiger charge is -2.38. The lowest BCUT2D eigenvalue weighted by Crippen LogP contribution is -2.34. The summed E-state index contributed by atoms with van der Waals surface area (Å²) in [6.07, 6.45) is 8.42. The first-order valence-corrected chi connectivity index (χ1v) is 9.48. The fraction of sp³-hybridized carbons (Fsp3) is 0.667. The number of pyridine rings is 1. The van der Waals surface area contributed by atoms with Crippen LogP contribution in [0, 0.1) is 11.3 Å². The van der Waals surface area contributed by atoms with Crippen LogP contribution in [0.25, 0.3) is 0 Å². The molecule has 0 bridgehead atoms. The van der Waals surface area contributed by atoms with Gasteiger partial charge in [-0.25, -0.2) is 4.79 Å². The highest BCUT2D eigenvalue weighted by Gasteiger charge is 2.34. The van der Waals surface area contributed by atoms with E-state index in [1.54, 1.807) is 24.5 Å². The molecule has 26 heavy (non-hydrogen) atoms. The van der Waals surface area contributed by atoms with Crippen molar-refractivity contribution < 1.29 is 19.1 Å². The maximum absolute atomic E-state index is 12.0. The van der Waals surface area contributed by atoms with E-state index in [4.69, 9.17) is 4.74 Å². The molecule has 1 aliphatic rings. The molecule has 0 aliphatic heterocycles. The van der Waals surface area contributed by atoms with Crippen LogP contribution in [-0.2, 0) is 14.3 Å². The Hall–Kier alpha value is -1.91. The molecule has 0 amide bonds. The second-order valence-electron chi connectivity index (χ2n) is 7.88. The van der Waals surface area contributed by atoms with E-state index in [0.29, 0.717) is 18.1 Å². The van der Waals surface area contributed by atoms with Gasteiger partial charge in [-0.3, -0.25) is 9.78 Å². The summed E-state index contributed by atoms with van der Waals surface area (Å²) in [6.45, 7) is 10.8. The molecule has 2 rings (SSSR count). The van der Waals surface area contributed by atoms with Crippen LogP contribution in [0.2, 0.25) is 0 Å². The molecule has 146 valence electrons. The van der Waals surface area contributed by atoms with E-state index < -0.39 is 0 Å². The Balaban J connectivity index is 0.000000359. The Bertz CT molecular complexity index is 556. The van der Waals surface area contributed by atoms with E-state index in [1.165, 1.54) is 13.3 Å². The van der Waals surface area contributed by atoms with Crippen LogP contribution in [0.1, 0.15) is 77.1 Å². The zero-order chi connectivity index (χ0) is 19.6. The molecule has 1 fully saturated rings. The van der Waals surface area contributed by atoms with Crippen LogP contribution in [0.4, 0.5) is 0 Å². The van der Waals surface area contributed by atoms with Gasteiger partial charge >= 0.3 is 11.9 Å². The van der Waals surface area contributed by atoms with Gasteiger partial charge in [0.05, 0.1) is 12.2 Å². The Labute approximate surface area is 157 Å². The van der Waals surface area contributed by atoms with Gasteiger partial charge in [-0.05, 0) is 49.1 Å². The van der Waals surface area contributed by atoms with E-state index in [9.17, 15) is 9.59 Å². The fourth-order valence-electron chi connectivity index (χ4n) is 3.41. The van der Waals surface area contributed by atoms with Gasteiger partial charge in [0.15, 0.2) is 0 Å². The van der Waals surface area contributed by atoms with Gasteiger partial charge in [0.2, 0.25) is 0 Å². The van der Waals surface area contributed by atoms with Crippen molar-refractivity contribution in [3.05, 3.63) is 30.1 Å². The van der Waals surface area contributed by atoms with Gasteiger partial charge in [0.25, 0.3) is 0 Å². The summed E-state index contributed by atoms with van der Waals surface area (Å²) in [7, 11) is 0. The summed E-state index contributed by atoms with van der Waals surface area (Å²) >= 11 is 0. The first-order chi connectivity index (χ1) is 12.2. The molecular weight excluding hydrogens is 330 g/mol. The predicted molar refractivity (Wildman–Crippen MR) is 102 cm³/mol.